The van der Waals surface area contributed by atoms with E-state index in [4.69, 9.17) is 4.74 Å². The number of carbonyl (C=O) groups is 1. The second-order valence-electron chi connectivity index (χ2n) is 5.29. The summed E-state index contributed by atoms with van der Waals surface area (Å²) in [6.07, 6.45) is 0.864. The highest BCUT2D eigenvalue weighted by Crippen LogP contribution is 2.35. The van der Waals surface area contributed by atoms with E-state index in [-0.39, 0.29) is 18.1 Å². The van der Waals surface area contributed by atoms with Gasteiger partial charge in [-0.1, -0.05) is 60.7 Å². The lowest BCUT2D eigenvalue weighted by Crippen LogP contribution is -2.54. The maximum absolute atomic E-state index is 11.9. The number of hydrogen-bond donors (Lipinski definition) is 0. The van der Waals surface area contributed by atoms with Gasteiger partial charge in [-0.15, -0.1) is 0 Å². The SMILES string of the molecule is COC(=O)C1CCN1C(c1ccccc1)c1ccccc1. The van der Waals surface area contributed by atoms with Crippen LogP contribution in [0.1, 0.15) is 23.6 Å². The van der Waals surface area contributed by atoms with Gasteiger partial charge in [0.05, 0.1) is 13.2 Å². The molecule has 108 valence electrons. The molecule has 0 saturated carbocycles. The van der Waals surface area contributed by atoms with Gasteiger partial charge in [-0.3, -0.25) is 9.69 Å². The number of hydrogen-bond acceptors (Lipinski definition) is 3. The second kappa shape index (κ2) is 6.10. The van der Waals surface area contributed by atoms with Crippen molar-refractivity contribution in [2.24, 2.45) is 0 Å². The third-order valence-electron chi connectivity index (χ3n) is 4.10. The Morgan fingerprint density at radius 2 is 1.57 bits per heavy atom. The molecule has 21 heavy (non-hydrogen) atoms. The van der Waals surface area contributed by atoms with Crippen molar-refractivity contribution in [2.75, 3.05) is 13.7 Å². The first kappa shape index (κ1) is 13.8. The molecule has 1 fully saturated rings. The van der Waals surface area contributed by atoms with E-state index < -0.39 is 0 Å². The van der Waals surface area contributed by atoms with E-state index in [1.807, 2.05) is 36.4 Å². The summed E-state index contributed by atoms with van der Waals surface area (Å²) in [5, 5.41) is 0. The maximum atomic E-state index is 11.9. The molecule has 1 aliphatic heterocycles. The quantitative estimate of drug-likeness (QED) is 0.807. The van der Waals surface area contributed by atoms with Crippen LogP contribution >= 0.6 is 0 Å². The number of likely N-dealkylation sites (tertiary alicyclic amines) is 1. The van der Waals surface area contributed by atoms with Crippen molar-refractivity contribution in [3.05, 3.63) is 71.8 Å². The molecule has 2 aromatic carbocycles. The molecule has 1 aliphatic rings. The van der Waals surface area contributed by atoms with Crippen LogP contribution in [-0.4, -0.2) is 30.6 Å². The van der Waals surface area contributed by atoms with Crippen LogP contribution in [0.3, 0.4) is 0 Å². The lowest BCUT2D eigenvalue weighted by molar-refractivity contribution is -0.153. The normalized spacial score (nSPS) is 18.3. The van der Waals surface area contributed by atoms with Crippen LogP contribution in [0.4, 0.5) is 0 Å². The molecule has 3 rings (SSSR count). The molecule has 0 radical (unpaired) electrons. The Morgan fingerprint density at radius 3 is 1.95 bits per heavy atom. The van der Waals surface area contributed by atoms with Crippen LogP contribution in [0, 0.1) is 0 Å². The summed E-state index contributed by atoms with van der Waals surface area (Å²) in [5.41, 5.74) is 2.41. The minimum atomic E-state index is -0.141. The fourth-order valence-corrected chi connectivity index (χ4v) is 2.95. The molecule has 0 spiro atoms. The zero-order valence-corrected chi connectivity index (χ0v) is 12.1. The van der Waals surface area contributed by atoms with E-state index >= 15 is 0 Å². The van der Waals surface area contributed by atoms with Gasteiger partial charge in [-0.2, -0.15) is 0 Å². The molecule has 0 amide bonds. The van der Waals surface area contributed by atoms with Crippen molar-refractivity contribution in [3.63, 3.8) is 0 Å². The average molecular weight is 281 g/mol. The second-order valence-corrected chi connectivity index (χ2v) is 5.29. The Bertz CT molecular complexity index is 558. The molecule has 0 N–H and O–H groups in total. The van der Waals surface area contributed by atoms with Crippen LogP contribution in [0.5, 0.6) is 0 Å². The van der Waals surface area contributed by atoms with Gasteiger partial charge < -0.3 is 4.74 Å². The van der Waals surface area contributed by atoms with E-state index in [1.165, 1.54) is 18.2 Å². The van der Waals surface area contributed by atoms with Gasteiger partial charge >= 0.3 is 5.97 Å². The zero-order valence-electron chi connectivity index (χ0n) is 12.1. The average Bonchev–Trinajstić information content (AvgIpc) is 2.52. The van der Waals surface area contributed by atoms with Gasteiger partial charge in [0.15, 0.2) is 0 Å². The van der Waals surface area contributed by atoms with Crippen LogP contribution in [-0.2, 0) is 9.53 Å². The molecule has 1 atom stereocenters. The van der Waals surface area contributed by atoms with Crippen molar-refractivity contribution in [3.8, 4) is 0 Å². The van der Waals surface area contributed by atoms with Crippen LogP contribution in [0.15, 0.2) is 60.7 Å². The molecule has 1 saturated heterocycles. The third kappa shape index (κ3) is 2.69. The Labute approximate surface area is 125 Å². The van der Waals surface area contributed by atoms with E-state index in [2.05, 4.69) is 29.2 Å². The minimum Gasteiger partial charge on any atom is -0.468 e. The van der Waals surface area contributed by atoms with E-state index in [0.29, 0.717) is 0 Å². The Morgan fingerprint density at radius 1 is 1.05 bits per heavy atom. The van der Waals surface area contributed by atoms with Crippen LogP contribution < -0.4 is 0 Å². The fourth-order valence-electron chi connectivity index (χ4n) is 2.95. The molecule has 3 nitrogen and oxygen atoms in total. The largest absolute Gasteiger partial charge is 0.468 e. The summed E-state index contributed by atoms with van der Waals surface area (Å²) < 4.78 is 4.93. The van der Waals surface area contributed by atoms with Crippen LogP contribution in [0.25, 0.3) is 0 Å². The number of esters is 1. The zero-order chi connectivity index (χ0) is 14.7. The minimum absolute atomic E-state index is 0.102. The number of ether oxygens (including phenoxy) is 1. The maximum Gasteiger partial charge on any atom is 0.323 e. The van der Waals surface area contributed by atoms with Gasteiger partial charge in [0.1, 0.15) is 6.04 Å². The van der Waals surface area contributed by atoms with Gasteiger partial charge in [-0.25, -0.2) is 0 Å². The molecule has 0 aromatic heterocycles. The first-order chi connectivity index (χ1) is 10.3. The molecule has 1 heterocycles. The van der Waals surface area contributed by atoms with Gasteiger partial charge in [0.25, 0.3) is 0 Å². The van der Waals surface area contributed by atoms with Crippen molar-refractivity contribution < 1.29 is 9.53 Å². The van der Waals surface area contributed by atoms with E-state index in [1.54, 1.807) is 0 Å². The van der Waals surface area contributed by atoms with Crippen molar-refractivity contribution >= 4 is 5.97 Å². The molecular weight excluding hydrogens is 262 g/mol. The summed E-state index contributed by atoms with van der Waals surface area (Å²) in [5.74, 6) is -0.141. The molecule has 1 unspecified atom stereocenters. The summed E-state index contributed by atoms with van der Waals surface area (Å²) in [6.45, 7) is 0.911. The smallest absolute Gasteiger partial charge is 0.323 e. The predicted octanol–water partition coefficient (Wildman–Crippen LogP) is 3.02. The lowest BCUT2D eigenvalue weighted by Gasteiger charge is -2.44. The monoisotopic (exact) mass is 281 g/mol. The van der Waals surface area contributed by atoms with Gasteiger partial charge in [0.2, 0.25) is 0 Å². The number of benzene rings is 2. The molecule has 0 aliphatic carbocycles. The Hall–Kier alpha value is -2.13. The summed E-state index contributed by atoms with van der Waals surface area (Å²) >= 11 is 0. The summed E-state index contributed by atoms with van der Waals surface area (Å²) in [6, 6.07) is 20.6. The molecule has 3 heteroatoms. The molecule has 0 bridgehead atoms. The Balaban J connectivity index is 1.96. The lowest BCUT2D eigenvalue weighted by atomic mass is 9.90. The van der Waals surface area contributed by atoms with Gasteiger partial charge in [-0.05, 0) is 17.5 Å². The van der Waals surface area contributed by atoms with Gasteiger partial charge in [0, 0.05) is 6.54 Å². The van der Waals surface area contributed by atoms with Crippen LogP contribution in [0.2, 0.25) is 0 Å². The number of carbonyl (C=O) groups excluding carboxylic acids is 1. The number of methoxy groups -OCH3 is 1. The van der Waals surface area contributed by atoms with E-state index in [0.717, 1.165) is 13.0 Å². The Kier molecular flexibility index (Phi) is 4.02. The predicted molar refractivity (Wildman–Crippen MR) is 81.9 cm³/mol. The number of nitrogens with zero attached hydrogens (tertiary/aromatic N) is 1. The molecular formula is C18H19NO2. The summed E-state index contributed by atoms with van der Waals surface area (Å²) in [4.78, 5) is 14.1. The fraction of sp³-hybridized carbons (Fsp3) is 0.278. The molecule has 2 aromatic rings. The first-order valence-electron chi connectivity index (χ1n) is 7.24. The highest BCUT2D eigenvalue weighted by Gasteiger charge is 2.40. The summed E-state index contributed by atoms with van der Waals surface area (Å²) in [7, 11) is 1.46. The van der Waals surface area contributed by atoms with Crippen molar-refractivity contribution in [2.45, 2.75) is 18.5 Å². The number of rotatable bonds is 4. The topological polar surface area (TPSA) is 29.5 Å². The third-order valence-corrected chi connectivity index (χ3v) is 4.10. The van der Waals surface area contributed by atoms with Crippen molar-refractivity contribution in [1.82, 2.24) is 4.90 Å². The highest BCUT2D eigenvalue weighted by molar-refractivity contribution is 5.77. The first-order valence-corrected chi connectivity index (χ1v) is 7.24. The standard InChI is InChI=1S/C18H19NO2/c1-21-18(20)16-12-13-19(16)17(14-8-4-2-5-9-14)15-10-6-3-7-11-15/h2-11,16-17H,12-13H2,1H3. The van der Waals surface area contributed by atoms with E-state index in [9.17, 15) is 4.79 Å². The highest BCUT2D eigenvalue weighted by atomic mass is 16.5. The van der Waals surface area contributed by atoms with Crippen molar-refractivity contribution in [1.29, 1.82) is 0 Å².